The van der Waals surface area contributed by atoms with Gasteiger partial charge < -0.3 is 21.4 Å². The molecular formula is C14H19FN4. The number of rotatable bonds is 3. The van der Waals surface area contributed by atoms with E-state index in [0.717, 1.165) is 26.2 Å². The molecule has 1 saturated heterocycles. The van der Waals surface area contributed by atoms with E-state index in [9.17, 15) is 4.39 Å². The average molecular weight is 262 g/mol. The van der Waals surface area contributed by atoms with Gasteiger partial charge in [-0.15, -0.1) is 0 Å². The standard InChI is InChI=1S/C14H19FN4/c1-10(16)8-13(17)11-2-3-12(15)14(9-11)19-6-4-18-5-7-19/h2-3,8-9,17-18H,4-7,16H2,1H3. The Morgan fingerprint density at radius 3 is 2.74 bits per heavy atom. The van der Waals surface area contributed by atoms with Crippen LogP contribution < -0.4 is 16.0 Å². The molecule has 1 aliphatic heterocycles. The van der Waals surface area contributed by atoms with Gasteiger partial charge in [-0.25, -0.2) is 4.39 Å². The lowest BCUT2D eigenvalue weighted by atomic mass is 10.1. The first-order chi connectivity index (χ1) is 9.08. The van der Waals surface area contributed by atoms with Gasteiger partial charge in [0.15, 0.2) is 0 Å². The minimum absolute atomic E-state index is 0.244. The molecule has 5 heteroatoms. The molecule has 2 rings (SSSR count). The molecule has 4 nitrogen and oxygen atoms in total. The van der Waals surface area contributed by atoms with E-state index in [4.69, 9.17) is 11.1 Å². The Kier molecular flexibility index (Phi) is 4.16. The van der Waals surface area contributed by atoms with Gasteiger partial charge in [-0.1, -0.05) is 0 Å². The first-order valence-electron chi connectivity index (χ1n) is 6.36. The summed E-state index contributed by atoms with van der Waals surface area (Å²) in [5.41, 5.74) is 7.68. The summed E-state index contributed by atoms with van der Waals surface area (Å²) in [7, 11) is 0. The van der Waals surface area contributed by atoms with Crippen LogP contribution in [-0.2, 0) is 0 Å². The topological polar surface area (TPSA) is 65.1 Å². The van der Waals surface area contributed by atoms with Gasteiger partial charge in [0.2, 0.25) is 0 Å². The lowest BCUT2D eigenvalue weighted by Crippen LogP contribution is -2.43. The first-order valence-corrected chi connectivity index (χ1v) is 6.36. The lowest BCUT2D eigenvalue weighted by Gasteiger charge is -2.30. The molecule has 102 valence electrons. The van der Waals surface area contributed by atoms with Crippen LogP contribution in [0, 0.1) is 11.2 Å². The number of nitrogens with one attached hydrogen (secondary N) is 2. The summed E-state index contributed by atoms with van der Waals surface area (Å²) in [5.74, 6) is -0.244. The molecule has 1 aromatic rings. The van der Waals surface area contributed by atoms with E-state index in [1.54, 1.807) is 25.1 Å². The SMILES string of the molecule is CC(N)=CC(=N)c1ccc(F)c(N2CCNCC2)c1. The summed E-state index contributed by atoms with van der Waals surface area (Å²) in [6, 6.07) is 4.76. The predicted octanol–water partition coefficient (Wildman–Crippen LogP) is 1.47. The van der Waals surface area contributed by atoms with Crippen molar-refractivity contribution < 1.29 is 4.39 Å². The number of allylic oxidation sites excluding steroid dienone is 2. The molecule has 0 atom stereocenters. The van der Waals surface area contributed by atoms with E-state index in [0.29, 0.717) is 22.7 Å². The lowest BCUT2D eigenvalue weighted by molar-refractivity contribution is 0.566. The number of hydrogen-bond donors (Lipinski definition) is 3. The fourth-order valence-corrected chi connectivity index (χ4v) is 2.14. The van der Waals surface area contributed by atoms with Crippen LogP contribution in [0.25, 0.3) is 0 Å². The second-order valence-corrected chi connectivity index (χ2v) is 4.71. The Labute approximate surface area is 112 Å². The number of piperazine rings is 1. The molecule has 19 heavy (non-hydrogen) atoms. The van der Waals surface area contributed by atoms with E-state index >= 15 is 0 Å². The fourth-order valence-electron chi connectivity index (χ4n) is 2.14. The third-order valence-electron chi connectivity index (χ3n) is 3.09. The van der Waals surface area contributed by atoms with Crippen molar-refractivity contribution in [3.63, 3.8) is 0 Å². The molecule has 0 aliphatic carbocycles. The Hall–Kier alpha value is -1.88. The first kappa shape index (κ1) is 13.5. The van der Waals surface area contributed by atoms with Crippen molar-refractivity contribution in [3.05, 3.63) is 41.4 Å². The Morgan fingerprint density at radius 2 is 2.11 bits per heavy atom. The third kappa shape index (κ3) is 3.32. The van der Waals surface area contributed by atoms with Crippen LogP contribution in [0.2, 0.25) is 0 Å². The highest BCUT2D eigenvalue weighted by molar-refractivity contribution is 6.07. The molecule has 0 amide bonds. The predicted molar refractivity (Wildman–Crippen MR) is 76.3 cm³/mol. The zero-order valence-corrected chi connectivity index (χ0v) is 11.0. The highest BCUT2D eigenvalue weighted by atomic mass is 19.1. The second-order valence-electron chi connectivity index (χ2n) is 4.71. The summed E-state index contributed by atoms with van der Waals surface area (Å²) < 4.78 is 13.9. The summed E-state index contributed by atoms with van der Waals surface area (Å²) in [5, 5.41) is 11.2. The summed E-state index contributed by atoms with van der Waals surface area (Å²) in [4.78, 5) is 2.00. The largest absolute Gasteiger partial charge is 0.402 e. The maximum atomic E-state index is 13.9. The van der Waals surface area contributed by atoms with E-state index in [2.05, 4.69) is 5.32 Å². The molecular weight excluding hydrogens is 243 g/mol. The smallest absolute Gasteiger partial charge is 0.146 e. The number of nitrogens with zero attached hydrogens (tertiary/aromatic N) is 1. The minimum atomic E-state index is -0.244. The maximum absolute atomic E-state index is 13.9. The van der Waals surface area contributed by atoms with Crippen LogP contribution in [0.1, 0.15) is 12.5 Å². The second kappa shape index (κ2) is 5.84. The Balaban J connectivity index is 2.28. The van der Waals surface area contributed by atoms with Gasteiger partial charge in [-0.3, -0.25) is 0 Å². The molecule has 0 spiro atoms. The van der Waals surface area contributed by atoms with Gasteiger partial charge in [-0.2, -0.15) is 0 Å². The highest BCUT2D eigenvalue weighted by Crippen LogP contribution is 2.22. The van der Waals surface area contributed by atoms with E-state index in [1.807, 2.05) is 4.90 Å². The van der Waals surface area contributed by atoms with Gasteiger partial charge in [0.25, 0.3) is 0 Å². The van der Waals surface area contributed by atoms with Crippen molar-refractivity contribution in [2.24, 2.45) is 5.73 Å². The van der Waals surface area contributed by atoms with Crippen LogP contribution in [0.15, 0.2) is 30.0 Å². The van der Waals surface area contributed by atoms with E-state index < -0.39 is 0 Å². The molecule has 0 aromatic heterocycles. The van der Waals surface area contributed by atoms with Gasteiger partial charge in [0.05, 0.1) is 11.4 Å². The molecule has 4 N–H and O–H groups in total. The van der Waals surface area contributed by atoms with Crippen LogP contribution >= 0.6 is 0 Å². The number of anilines is 1. The van der Waals surface area contributed by atoms with Crippen molar-refractivity contribution in [3.8, 4) is 0 Å². The van der Waals surface area contributed by atoms with E-state index in [1.165, 1.54) is 6.07 Å². The van der Waals surface area contributed by atoms with Gasteiger partial charge in [0.1, 0.15) is 5.82 Å². The number of nitrogens with two attached hydrogens (primary N) is 1. The molecule has 1 aromatic carbocycles. The Bertz CT molecular complexity index is 500. The number of hydrogen-bond acceptors (Lipinski definition) is 4. The molecule has 1 heterocycles. The fraction of sp³-hybridized carbons (Fsp3) is 0.357. The highest BCUT2D eigenvalue weighted by Gasteiger charge is 2.15. The maximum Gasteiger partial charge on any atom is 0.146 e. The number of benzene rings is 1. The van der Waals surface area contributed by atoms with Gasteiger partial charge >= 0.3 is 0 Å². The van der Waals surface area contributed by atoms with Crippen molar-refractivity contribution in [1.29, 1.82) is 5.41 Å². The minimum Gasteiger partial charge on any atom is -0.402 e. The average Bonchev–Trinajstić information content (AvgIpc) is 2.39. The zero-order valence-electron chi connectivity index (χ0n) is 11.0. The van der Waals surface area contributed by atoms with Crippen LogP contribution in [-0.4, -0.2) is 31.9 Å². The van der Waals surface area contributed by atoms with Gasteiger partial charge in [-0.05, 0) is 31.2 Å². The third-order valence-corrected chi connectivity index (χ3v) is 3.09. The van der Waals surface area contributed by atoms with Crippen molar-refractivity contribution in [2.45, 2.75) is 6.92 Å². The van der Waals surface area contributed by atoms with Gasteiger partial charge in [0, 0.05) is 37.4 Å². The molecule has 1 fully saturated rings. The molecule has 0 unspecified atom stereocenters. The molecule has 1 aliphatic rings. The number of halogens is 1. The van der Waals surface area contributed by atoms with Crippen LogP contribution in [0.5, 0.6) is 0 Å². The van der Waals surface area contributed by atoms with Crippen LogP contribution in [0.3, 0.4) is 0 Å². The summed E-state index contributed by atoms with van der Waals surface area (Å²) >= 11 is 0. The zero-order chi connectivity index (χ0) is 13.8. The summed E-state index contributed by atoms with van der Waals surface area (Å²) in [6.07, 6.45) is 1.58. The normalized spacial score (nSPS) is 16.5. The van der Waals surface area contributed by atoms with Crippen molar-refractivity contribution in [2.75, 3.05) is 31.1 Å². The van der Waals surface area contributed by atoms with Crippen molar-refractivity contribution >= 4 is 11.4 Å². The molecule has 0 radical (unpaired) electrons. The van der Waals surface area contributed by atoms with E-state index in [-0.39, 0.29) is 5.82 Å². The van der Waals surface area contributed by atoms with Crippen molar-refractivity contribution in [1.82, 2.24) is 5.32 Å². The Morgan fingerprint density at radius 1 is 1.42 bits per heavy atom. The quantitative estimate of drug-likeness (QED) is 0.723. The monoisotopic (exact) mass is 262 g/mol. The van der Waals surface area contributed by atoms with Crippen LogP contribution in [0.4, 0.5) is 10.1 Å². The molecule has 0 bridgehead atoms. The molecule has 0 saturated carbocycles. The summed E-state index contributed by atoms with van der Waals surface area (Å²) in [6.45, 7) is 4.99.